The molecule has 18 heavy (non-hydrogen) atoms. The summed E-state index contributed by atoms with van der Waals surface area (Å²) in [7, 11) is 0. The average molecular weight is 267 g/mol. The van der Waals surface area contributed by atoms with Gasteiger partial charge in [0.25, 0.3) is 0 Å². The highest BCUT2D eigenvalue weighted by Gasteiger charge is 2.14. The Kier molecular flexibility index (Phi) is 3.71. The van der Waals surface area contributed by atoms with Crippen molar-refractivity contribution < 1.29 is 4.39 Å². The summed E-state index contributed by atoms with van der Waals surface area (Å²) in [6.07, 6.45) is 0.770. The molecule has 2 aromatic rings. The highest BCUT2D eigenvalue weighted by molar-refractivity contribution is 6.31. The van der Waals surface area contributed by atoms with E-state index < -0.39 is 5.82 Å². The molecule has 0 aliphatic rings. The van der Waals surface area contributed by atoms with E-state index in [1.54, 1.807) is 6.07 Å². The first-order valence-corrected chi connectivity index (χ1v) is 6.49. The predicted octanol–water partition coefficient (Wildman–Crippen LogP) is 4.33. The van der Waals surface area contributed by atoms with Gasteiger partial charge in [0.15, 0.2) is 5.82 Å². The molecule has 0 radical (unpaired) electrons. The fourth-order valence-electron chi connectivity index (χ4n) is 2.16. The molecule has 1 aromatic carbocycles. The minimum Gasteiger partial charge on any atom is -0.385 e. The maximum atomic E-state index is 14.0. The minimum atomic E-state index is -0.442. The molecule has 0 aliphatic heterocycles. The number of rotatable bonds is 3. The van der Waals surface area contributed by atoms with Gasteiger partial charge in [-0.25, -0.2) is 9.37 Å². The molecule has 0 atom stereocenters. The Morgan fingerprint density at radius 2 is 2.06 bits per heavy atom. The lowest BCUT2D eigenvalue weighted by molar-refractivity contribution is 0.636. The summed E-state index contributed by atoms with van der Waals surface area (Å²) in [6.45, 7) is 6.83. The molecule has 4 heteroatoms. The van der Waals surface area contributed by atoms with Crippen LogP contribution >= 0.6 is 11.6 Å². The zero-order valence-electron chi connectivity index (χ0n) is 10.8. The van der Waals surface area contributed by atoms with Crippen LogP contribution in [0.5, 0.6) is 0 Å². The summed E-state index contributed by atoms with van der Waals surface area (Å²) in [5.41, 5.74) is 3.28. The van der Waals surface area contributed by atoms with E-state index in [0.29, 0.717) is 5.52 Å². The van der Waals surface area contributed by atoms with Gasteiger partial charge >= 0.3 is 0 Å². The highest BCUT2D eigenvalue weighted by atomic mass is 35.5. The number of benzene rings is 1. The van der Waals surface area contributed by atoms with Crippen LogP contribution in [-0.2, 0) is 6.42 Å². The number of anilines is 1. The van der Waals surface area contributed by atoms with Crippen molar-refractivity contribution in [1.82, 2.24) is 4.98 Å². The molecule has 0 amide bonds. The number of aryl methyl sites for hydroxylation is 1. The number of hydrogen-bond acceptors (Lipinski definition) is 2. The van der Waals surface area contributed by atoms with E-state index in [4.69, 9.17) is 11.6 Å². The third kappa shape index (κ3) is 2.03. The van der Waals surface area contributed by atoms with E-state index in [0.717, 1.165) is 35.3 Å². The lowest BCUT2D eigenvalue weighted by Crippen LogP contribution is -2.05. The van der Waals surface area contributed by atoms with Gasteiger partial charge < -0.3 is 5.32 Å². The molecule has 1 heterocycles. The minimum absolute atomic E-state index is 0.114. The second kappa shape index (κ2) is 5.11. The molecule has 1 N–H and O–H groups in total. The summed E-state index contributed by atoms with van der Waals surface area (Å²) in [4.78, 5) is 4.40. The molecule has 0 fully saturated rings. The van der Waals surface area contributed by atoms with Crippen molar-refractivity contribution in [1.29, 1.82) is 0 Å². The van der Waals surface area contributed by atoms with Crippen LogP contribution in [-0.4, -0.2) is 11.5 Å². The third-order valence-corrected chi connectivity index (χ3v) is 3.37. The number of aromatic nitrogens is 1. The lowest BCUT2D eigenvalue weighted by atomic mass is 10.0. The summed E-state index contributed by atoms with van der Waals surface area (Å²) >= 11 is 5.82. The lowest BCUT2D eigenvalue weighted by Gasteiger charge is -2.15. The summed E-state index contributed by atoms with van der Waals surface area (Å²) in [5, 5.41) is 4.19. The van der Waals surface area contributed by atoms with E-state index in [9.17, 15) is 4.39 Å². The second-order valence-electron chi connectivity index (χ2n) is 4.20. The van der Waals surface area contributed by atoms with Crippen LogP contribution in [0, 0.1) is 12.7 Å². The van der Waals surface area contributed by atoms with Crippen LogP contribution in [0.15, 0.2) is 12.1 Å². The van der Waals surface area contributed by atoms with Gasteiger partial charge in [0, 0.05) is 23.3 Å². The molecule has 0 saturated heterocycles. The maximum Gasteiger partial charge on any atom is 0.168 e. The molecule has 0 saturated carbocycles. The Morgan fingerprint density at radius 1 is 1.33 bits per heavy atom. The number of nitrogens with zero attached hydrogens (tertiary/aromatic N) is 1. The zero-order chi connectivity index (χ0) is 13.3. The first-order valence-electron chi connectivity index (χ1n) is 6.11. The first kappa shape index (κ1) is 13.1. The molecule has 0 bridgehead atoms. The van der Waals surface area contributed by atoms with Crippen LogP contribution < -0.4 is 5.32 Å². The van der Waals surface area contributed by atoms with E-state index in [1.165, 1.54) is 0 Å². The quantitative estimate of drug-likeness (QED) is 0.894. The molecule has 0 unspecified atom stereocenters. The smallest absolute Gasteiger partial charge is 0.168 e. The van der Waals surface area contributed by atoms with Crippen molar-refractivity contribution >= 4 is 28.2 Å². The Hall–Kier alpha value is -1.35. The van der Waals surface area contributed by atoms with Crippen molar-refractivity contribution in [2.75, 3.05) is 11.9 Å². The third-order valence-electron chi connectivity index (χ3n) is 3.08. The molecular formula is C14H16ClFN2. The van der Waals surface area contributed by atoms with Gasteiger partial charge in [-0.1, -0.05) is 18.5 Å². The van der Waals surface area contributed by atoms with Crippen LogP contribution in [0.25, 0.3) is 10.9 Å². The molecule has 0 spiro atoms. The Balaban J connectivity index is 2.85. The predicted molar refractivity (Wildman–Crippen MR) is 75.0 cm³/mol. The van der Waals surface area contributed by atoms with E-state index >= 15 is 0 Å². The Labute approximate surface area is 111 Å². The monoisotopic (exact) mass is 266 g/mol. The normalized spacial score (nSPS) is 10.9. The standard InChI is InChI=1S/C14H16ClFN2/c1-4-11-8(3)13(17-5-2)9-6-7-10(15)12(16)14(9)18-11/h6-7H,4-5H2,1-3H3,(H,17,18). The van der Waals surface area contributed by atoms with E-state index in [1.807, 2.05) is 26.8 Å². The maximum absolute atomic E-state index is 14.0. The molecular weight excluding hydrogens is 251 g/mol. The number of pyridine rings is 1. The molecule has 1 aromatic heterocycles. The zero-order valence-corrected chi connectivity index (χ0v) is 11.5. The SMILES string of the molecule is CCNc1c(C)c(CC)nc2c(F)c(Cl)ccc12. The van der Waals surface area contributed by atoms with Gasteiger partial charge in [0.1, 0.15) is 5.52 Å². The molecule has 96 valence electrons. The summed E-state index contributed by atoms with van der Waals surface area (Å²) < 4.78 is 14.0. The van der Waals surface area contributed by atoms with Gasteiger partial charge in [-0.2, -0.15) is 0 Å². The topological polar surface area (TPSA) is 24.9 Å². The van der Waals surface area contributed by atoms with Crippen molar-refractivity contribution in [3.05, 3.63) is 34.2 Å². The van der Waals surface area contributed by atoms with Crippen molar-refractivity contribution in [3.8, 4) is 0 Å². The average Bonchev–Trinajstić information content (AvgIpc) is 2.37. The number of fused-ring (bicyclic) bond motifs is 1. The van der Waals surface area contributed by atoms with Gasteiger partial charge in [0.2, 0.25) is 0 Å². The number of hydrogen-bond donors (Lipinski definition) is 1. The highest BCUT2D eigenvalue weighted by Crippen LogP contribution is 2.32. The Bertz CT molecular complexity index is 596. The van der Waals surface area contributed by atoms with Crippen LogP contribution in [0.4, 0.5) is 10.1 Å². The summed E-state index contributed by atoms with van der Waals surface area (Å²) in [6, 6.07) is 3.39. The van der Waals surface area contributed by atoms with Crippen LogP contribution in [0.1, 0.15) is 25.1 Å². The molecule has 0 aliphatic carbocycles. The first-order chi connectivity index (χ1) is 8.60. The fourth-order valence-corrected chi connectivity index (χ4v) is 2.32. The second-order valence-corrected chi connectivity index (χ2v) is 4.61. The molecule has 2 rings (SSSR count). The molecule has 2 nitrogen and oxygen atoms in total. The van der Waals surface area contributed by atoms with Gasteiger partial charge in [0.05, 0.1) is 5.02 Å². The number of nitrogens with one attached hydrogen (secondary N) is 1. The van der Waals surface area contributed by atoms with Crippen molar-refractivity contribution in [3.63, 3.8) is 0 Å². The van der Waals surface area contributed by atoms with Crippen molar-refractivity contribution in [2.45, 2.75) is 27.2 Å². The van der Waals surface area contributed by atoms with Crippen LogP contribution in [0.2, 0.25) is 5.02 Å². The van der Waals surface area contributed by atoms with Gasteiger partial charge in [-0.15, -0.1) is 0 Å². The van der Waals surface area contributed by atoms with Crippen LogP contribution in [0.3, 0.4) is 0 Å². The van der Waals surface area contributed by atoms with Gasteiger partial charge in [-0.3, -0.25) is 0 Å². The fraction of sp³-hybridized carbons (Fsp3) is 0.357. The Morgan fingerprint density at radius 3 is 2.67 bits per heavy atom. The van der Waals surface area contributed by atoms with Gasteiger partial charge in [-0.05, 0) is 38.0 Å². The summed E-state index contributed by atoms with van der Waals surface area (Å²) in [5.74, 6) is -0.442. The van der Waals surface area contributed by atoms with E-state index in [2.05, 4.69) is 10.3 Å². The number of halogens is 2. The van der Waals surface area contributed by atoms with E-state index in [-0.39, 0.29) is 5.02 Å². The largest absolute Gasteiger partial charge is 0.385 e. The van der Waals surface area contributed by atoms with Crippen molar-refractivity contribution in [2.24, 2.45) is 0 Å².